The number of fused-ring (bicyclic) bond motifs is 1. The zero-order valence-corrected chi connectivity index (χ0v) is 19.9. The molecule has 9 heteroatoms. The van der Waals surface area contributed by atoms with Crippen molar-refractivity contribution in [3.8, 4) is 11.4 Å². The molecule has 2 N–H and O–H groups in total. The van der Waals surface area contributed by atoms with Crippen molar-refractivity contribution in [2.75, 3.05) is 26.8 Å². The van der Waals surface area contributed by atoms with Gasteiger partial charge in [0.25, 0.3) is 5.91 Å². The van der Waals surface area contributed by atoms with Gasteiger partial charge in [0.1, 0.15) is 11.4 Å². The van der Waals surface area contributed by atoms with E-state index in [-0.39, 0.29) is 42.9 Å². The van der Waals surface area contributed by atoms with Crippen LogP contribution >= 0.6 is 24.8 Å². The summed E-state index contributed by atoms with van der Waals surface area (Å²) in [5, 5.41) is 11.1. The third-order valence-electron chi connectivity index (χ3n) is 6.76. The number of para-hydroxylation sites is 2. The van der Waals surface area contributed by atoms with E-state index in [9.17, 15) is 4.79 Å². The number of hydrogen-bond donors (Lipinski definition) is 2. The summed E-state index contributed by atoms with van der Waals surface area (Å²) in [5.41, 5.74) is 1.36. The summed E-state index contributed by atoms with van der Waals surface area (Å²) in [4.78, 5) is 13.0. The molecule has 3 fully saturated rings. The molecule has 32 heavy (non-hydrogen) atoms. The molecule has 2 heterocycles. The van der Waals surface area contributed by atoms with Crippen LogP contribution in [0.3, 0.4) is 0 Å². The molecule has 0 spiro atoms. The number of rotatable bonds is 7. The number of carbonyl (C=O) groups excluding carboxylic acids is 1. The lowest BCUT2D eigenvalue weighted by Crippen LogP contribution is -2.50. The number of carbonyl (C=O) groups is 1. The molecule has 1 amide bonds. The highest BCUT2D eigenvalue weighted by Crippen LogP contribution is 2.36. The molecule has 0 unspecified atom stereocenters. The summed E-state index contributed by atoms with van der Waals surface area (Å²) in [7, 11) is 1.63. The minimum absolute atomic E-state index is 0. The van der Waals surface area contributed by atoms with Crippen molar-refractivity contribution in [2.45, 2.75) is 37.8 Å². The Morgan fingerprint density at radius 2 is 1.94 bits per heavy atom. The maximum atomic E-state index is 13.0. The molecule has 4 atom stereocenters. The molecule has 0 radical (unpaired) electrons. The molecule has 7 nitrogen and oxygen atoms in total. The first-order valence-corrected chi connectivity index (χ1v) is 11.0. The lowest BCUT2D eigenvalue weighted by atomic mass is 9.77. The minimum Gasteiger partial charge on any atom is -0.494 e. The summed E-state index contributed by atoms with van der Waals surface area (Å²) < 4.78 is 13.4. The molecule has 3 aliphatic rings. The van der Waals surface area contributed by atoms with Gasteiger partial charge < -0.3 is 20.1 Å². The summed E-state index contributed by atoms with van der Waals surface area (Å²) in [6.07, 6.45) is 8.02. The average molecular weight is 483 g/mol. The fourth-order valence-electron chi connectivity index (χ4n) is 4.80. The molecule has 1 saturated heterocycles. The van der Waals surface area contributed by atoms with E-state index in [0.717, 1.165) is 44.1 Å². The van der Waals surface area contributed by atoms with E-state index in [1.54, 1.807) is 24.2 Å². The van der Waals surface area contributed by atoms with Crippen LogP contribution in [0, 0.1) is 17.8 Å². The maximum absolute atomic E-state index is 13.0. The normalized spacial score (nSPS) is 26.4. The molecule has 0 bridgehead atoms. The number of aromatic nitrogens is 2. The largest absolute Gasteiger partial charge is 0.494 e. The van der Waals surface area contributed by atoms with Gasteiger partial charge in [0.15, 0.2) is 0 Å². The van der Waals surface area contributed by atoms with E-state index < -0.39 is 0 Å². The van der Waals surface area contributed by atoms with Crippen LogP contribution in [0.2, 0.25) is 0 Å². The van der Waals surface area contributed by atoms with Crippen LogP contribution in [0.5, 0.6) is 5.75 Å². The highest BCUT2D eigenvalue weighted by molar-refractivity contribution is 5.94. The summed E-state index contributed by atoms with van der Waals surface area (Å²) in [6.45, 7) is 2.94. The molecular weight excluding hydrogens is 451 g/mol. The lowest BCUT2D eigenvalue weighted by Gasteiger charge is -2.38. The van der Waals surface area contributed by atoms with Crippen LogP contribution in [0.15, 0.2) is 36.7 Å². The van der Waals surface area contributed by atoms with Gasteiger partial charge >= 0.3 is 0 Å². The Kier molecular flexibility index (Phi) is 8.44. The van der Waals surface area contributed by atoms with Gasteiger partial charge in [-0.05, 0) is 68.7 Å². The molecule has 5 rings (SSSR count). The molecule has 2 aromatic rings. The van der Waals surface area contributed by atoms with Gasteiger partial charge in [-0.2, -0.15) is 5.10 Å². The zero-order valence-electron chi connectivity index (χ0n) is 18.2. The van der Waals surface area contributed by atoms with Crippen LogP contribution in [0.1, 0.15) is 36.0 Å². The fraction of sp³-hybridized carbons (Fsp3) is 0.565. The first-order chi connectivity index (χ1) is 14.7. The first kappa shape index (κ1) is 24.8. The lowest BCUT2D eigenvalue weighted by molar-refractivity contribution is -0.0211. The average Bonchev–Trinajstić information content (AvgIpc) is 3.27. The quantitative estimate of drug-likeness (QED) is 0.633. The third-order valence-corrected chi connectivity index (χ3v) is 6.76. The molecule has 1 aromatic heterocycles. The number of hydrogen-bond acceptors (Lipinski definition) is 5. The van der Waals surface area contributed by atoms with Crippen molar-refractivity contribution < 1.29 is 14.3 Å². The summed E-state index contributed by atoms with van der Waals surface area (Å²) in [6, 6.07) is 7.69. The Balaban J connectivity index is 0.00000144. The number of amides is 1. The number of methoxy groups -OCH3 is 1. The van der Waals surface area contributed by atoms with Crippen molar-refractivity contribution in [2.24, 2.45) is 17.8 Å². The molecule has 2 saturated carbocycles. The predicted molar refractivity (Wildman–Crippen MR) is 127 cm³/mol. The van der Waals surface area contributed by atoms with Crippen LogP contribution in [-0.4, -0.2) is 54.6 Å². The monoisotopic (exact) mass is 482 g/mol. The van der Waals surface area contributed by atoms with Gasteiger partial charge in [0.2, 0.25) is 0 Å². The van der Waals surface area contributed by atoms with Gasteiger partial charge in [-0.25, -0.2) is 4.68 Å². The molecule has 176 valence electrons. The zero-order chi connectivity index (χ0) is 20.5. The van der Waals surface area contributed by atoms with Crippen molar-refractivity contribution in [3.05, 3.63) is 42.2 Å². The second-order valence-electron chi connectivity index (χ2n) is 8.89. The Bertz CT molecular complexity index is 905. The molecule has 1 aliphatic heterocycles. The van der Waals surface area contributed by atoms with E-state index in [2.05, 4.69) is 15.7 Å². The smallest absolute Gasteiger partial charge is 0.254 e. The highest BCUT2D eigenvalue weighted by atomic mass is 35.5. The topological polar surface area (TPSA) is 77.4 Å². The SMILES string of the molecule is COc1ccccc1-n1cc(C(=O)N[C@H]2C[C@H]3CNC[C@H]3C[C@@H]2OCC2CC2)cn1.Cl.Cl. The van der Waals surface area contributed by atoms with Gasteiger partial charge in [-0.1, -0.05) is 12.1 Å². The van der Waals surface area contributed by atoms with Crippen molar-refractivity contribution in [1.82, 2.24) is 20.4 Å². The first-order valence-electron chi connectivity index (χ1n) is 11.0. The number of ether oxygens (including phenoxy) is 2. The number of nitrogens with zero attached hydrogens (tertiary/aromatic N) is 2. The third kappa shape index (κ3) is 5.39. The van der Waals surface area contributed by atoms with E-state index in [0.29, 0.717) is 23.1 Å². The number of nitrogens with one attached hydrogen (secondary N) is 2. The second-order valence-corrected chi connectivity index (χ2v) is 8.89. The predicted octanol–water partition coefficient (Wildman–Crippen LogP) is 3.25. The van der Waals surface area contributed by atoms with E-state index in [1.807, 2.05) is 24.3 Å². The number of halogens is 2. The van der Waals surface area contributed by atoms with Crippen molar-refractivity contribution >= 4 is 30.7 Å². The minimum atomic E-state index is -0.0921. The molecule has 1 aromatic carbocycles. The number of benzene rings is 1. The maximum Gasteiger partial charge on any atom is 0.254 e. The fourth-order valence-corrected chi connectivity index (χ4v) is 4.80. The van der Waals surface area contributed by atoms with Crippen molar-refractivity contribution in [3.63, 3.8) is 0 Å². The van der Waals surface area contributed by atoms with Crippen LogP contribution < -0.4 is 15.4 Å². The van der Waals surface area contributed by atoms with Gasteiger partial charge in [0.05, 0.1) is 31.0 Å². The van der Waals surface area contributed by atoms with Crippen LogP contribution in [0.4, 0.5) is 0 Å². The highest BCUT2D eigenvalue weighted by Gasteiger charge is 2.41. The Hall–Kier alpha value is -1.80. The Morgan fingerprint density at radius 3 is 2.69 bits per heavy atom. The van der Waals surface area contributed by atoms with Crippen LogP contribution in [0.25, 0.3) is 5.69 Å². The molecular formula is C23H32Cl2N4O3. The van der Waals surface area contributed by atoms with Crippen LogP contribution in [-0.2, 0) is 4.74 Å². The Labute approximate surface area is 201 Å². The van der Waals surface area contributed by atoms with E-state index in [4.69, 9.17) is 9.47 Å². The Morgan fingerprint density at radius 1 is 1.19 bits per heavy atom. The van der Waals surface area contributed by atoms with Crippen molar-refractivity contribution in [1.29, 1.82) is 0 Å². The van der Waals surface area contributed by atoms with Gasteiger partial charge in [0, 0.05) is 12.8 Å². The van der Waals surface area contributed by atoms with E-state index >= 15 is 0 Å². The summed E-state index contributed by atoms with van der Waals surface area (Å²) in [5.74, 6) is 2.63. The van der Waals surface area contributed by atoms with E-state index in [1.165, 1.54) is 12.8 Å². The van der Waals surface area contributed by atoms with Gasteiger partial charge in [-0.3, -0.25) is 4.79 Å². The molecule has 2 aliphatic carbocycles. The van der Waals surface area contributed by atoms with Gasteiger partial charge in [-0.15, -0.1) is 24.8 Å². The standard InChI is InChI=1S/C23H30N4O3.2ClH/c1-29-21-5-3-2-4-20(21)27-13-18(12-25-27)23(28)26-19-8-16-10-24-11-17(16)9-22(19)30-14-15-6-7-15;;/h2-5,12-13,15-17,19,22,24H,6-11,14H2,1H3,(H,26,28);2*1H/t16-,17+,19-,22-;;/m0../s1. The summed E-state index contributed by atoms with van der Waals surface area (Å²) >= 11 is 0. The second kappa shape index (κ2) is 10.9.